The molecule has 122 valence electrons. The van der Waals surface area contributed by atoms with E-state index in [0.717, 1.165) is 39.8 Å². The van der Waals surface area contributed by atoms with Crippen molar-refractivity contribution in [3.05, 3.63) is 30.6 Å². The average Bonchev–Trinajstić information content (AvgIpc) is 2.94. The van der Waals surface area contributed by atoms with Gasteiger partial charge < -0.3 is 9.80 Å². The molecule has 6 nitrogen and oxygen atoms in total. The second-order valence-electron chi connectivity index (χ2n) is 6.43. The van der Waals surface area contributed by atoms with Gasteiger partial charge in [0.2, 0.25) is 5.13 Å². The third-order valence-electron chi connectivity index (χ3n) is 5.02. The van der Waals surface area contributed by atoms with Gasteiger partial charge in [-0.2, -0.15) is 0 Å². The number of hydrogen-bond acceptors (Lipinski definition) is 7. The molecular weight excluding hydrogens is 320 g/mol. The van der Waals surface area contributed by atoms with Gasteiger partial charge in [0.05, 0.1) is 0 Å². The van der Waals surface area contributed by atoms with Crippen LogP contribution in [-0.2, 0) is 0 Å². The molecule has 0 aliphatic carbocycles. The maximum absolute atomic E-state index is 4.49. The predicted molar refractivity (Wildman–Crippen MR) is 95.2 cm³/mol. The number of rotatable bonds is 2. The zero-order valence-electron chi connectivity index (χ0n) is 13.3. The fourth-order valence-electron chi connectivity index (χ4n) is 3.67. The molecule has 3 saturated heterocycles. The standard InChI is InChI=1S/C17H18N6S/c1-2-12-10-13(11-19-15(12)18-5-1)16-20-21-17(24-16)23-9-8-22-6-3-14(23)4-7-22/h1-2,5,10-11,14H,3-4,6-9H2. The van der Waals surface area contributed by atoms with Crippen molar-refractivity contribution < 1.29 is 0 Å². The van der Waals surface area contributed by atoms with E-state index in [1.54, 1.807) is 17.5 Å². The second-order valence-corrected chi connectivity index (χ2v) is 7.39. The first-order chi connectivity index (χ1) is 11.9. The molecule has 3 fully saturated rings. The normalized spacial score (nSPS) is 23.6. The summed E-state index contributed by atoms with van der Waals surface area (Å²) in [5, 5.41) is 11.9. The van der Waals surface area contributed by atoms with E-state index in [1.165, 1.54) is 25.9 Å². The summed E-state index contributed by atoms with van der Waals surface area (Å²) >= 11 is 1.67. The van der Waals surface area contributed by atoms with E-state index in [0.29, 0.717) is 6.04 Å². The summed E-state index contributed by atoms with van der Waals surface area (Å²) in [6.07, 6.45) is 6.08. The molecule has 3 aromatic heterocycles. The van der Waals surface area contributed by atoms with Crippen molar-refractivity contribution in [1.82, 2.24) is 25.1 Å². The number of hydrogen-bond donors (Lipinski definition) is 0. The van der Waals surface area contributed by atoms with Crippen molar-refractivity contribution in [1.29, 1.82) is 0 Å². The van der Waals surface area contributed by atoms with Gasteiger partial charge in [0.1, 0.15) is 0 Å². The van der Waals surface area contributed by atoms with Crippen LogP contribution in [-0.4, -0.2) is 57.3 Å². The number of aromatic nitrogens is 4. The first-order valence-corrected chi connectivity index (χ1v) is 9.22. The minimum absolute atomic E-state index is 0.614. The Kier molecular flexibility index (Phi) is 3.41. The highest BCUT2D eigenvalue weighted by atomic mass is 32.1. The number of nitrogens with zero attached hydrogens (tertiary/aromatic N) is 6. The molecule has 3 aromatic rings. The average molecular weight is 338 g/mol. The van der Waals surface area contributed by atoms with Gasteiger partial charge in [0.25, 0.3) is 0 Å². The third kappa shape index (κ3) is 2.44. The van der Waals surface area contributed by atoms with Crippen LogP contribution in [0.5, 0.6) is 0 Å². The van der Waals surface area contributed by atoms with Crippen LogP contribution < -0.4 is 4.90 Å². The number of anilines is 1. The molecule has 0 spiro atoms. The van der Waals surface area contributed by atoms with Crippen LogP contribution in [0.2, 0.25) is 0 Å². The maximum atomic E-state index is 4.49. The summed E-state index contributed by atoms with van der Waals surface area (Å²) in [6, 6.07) is 6.67. The summed E-state index contributed by atoms with van der Waals surface area (Å²) in [5.41, 5.74) is 1.78. The minimum Gasteiger partial charge on any atom is -0.342 e. The van der Waals surface area contributed by atoms with Crippen LogP contribution in [0.15, 0.2) is 30.6 Å². The van der Waals surface area contributed by atoms with Crippen molar-refractivity contribution in [2.45, 2.75) is 18.9 Å². The van der Waals surface area contributed by atoms with Crippen LogP contribution in [0.3, 0.4) is 0 Å². The van der Waals surface area contributed by atoms with Gasteiger partial charge in [0, 0.05) is 55.6 Å². The third-order valence-corrected chi connectivity index (χ3v) is 6.03. The van der Waals surface area contributed by atoms with E-state index < -0.39 is 0 Å². The fourth-order valence-corrected chi connectivity index (χ4v) is 4.59. The van der Waals surface area contributed by atoms with Crippen molar-refractivity contribution in [3.63, 3.8) is 0 Å². The van der Waals surface area contributed by atoms with E-state index in [9.17, 15) is 0 Å². The van der Waals surface area contributed by atoms with E-state index in [1.807, 2.05) is 18.3 Å². The zero-order valence-corrected chi connectivity index (χ0v) is 14.1. The smallest absolute Gasteiger partial charge is 0.208 e. The monoisotopic (exact) mass is 338 g/mol. The molecule has 6 heterocycles. The largest absolute Gasteiger partial charge is 0.342 e. The van der Waals surface area contributed by atoms with Gasteiger partial charge in [-0.3, -0.25) is 0 Å². The Hall–Kier alpha value is -2.12. The van der Waals surface area contributed by atoms with Crippen LogP contribution in [0.1, 0.15) is 12.8 Å². The SMILES string of the molecule is c1cnc2ncc(-c3nnc(N4CCN5CCC4CC5)s3)cc2c1. The topological polar surface area (TPSA) is 58.0 Å². The number of pyridine rings is 2. The molecular formula is C17H18N6S. The Morgan fingerprint density at radius 1 is 1.04 bits per heavy atom. The Labute approximate surface area is 144 Å². The minimum atomic E-state index is 0.614. The van der Waals surface area contributed by atoms with Crippen LogP contribution in [0.4, 0.5) is 5.13 Å². The molecule has 3 aliphatic rings. The van der Waals surface area contributed by atoms with E-state index in [2.05, 4.69) is 36.0 Å². The molecule has 0 aromatic carbocycles. The van der Waals surface area contributed by atoms with E-state index >= 15 is 0 Å². The summed E-state index contributed by atoms with van der Waals surface area (Å²) in [6.45, 7) is 4.62. The van der Waals surface area contributed by atoms with Gasteiger partial charge in [-0.15, -0.1) is 10.2 Å². The summed E-state index contributed by atoms with van der Waals surface area (Å²) < 4.78 is 0. The first-order valence-electron chi connectivity index (χ1n) is 8.40. The Morgan fingerprint density at radius 3 is 2.88 bits per heavy atom. The van der Waals surface area contributed by atoms with Crippen LogP contribution >= 0.6 is 11.3 Å². The Balaban J connectivity index is 1.47. The Bertz CT molecular complexity index is 870. The van der Waals surface area contributed by atoms with Gasteiger partial charge in [-0.25, -0.2) is 9.97 Å². The van der Waals surface area contributed by atoms with Crippen LogP contribution in [0, 0.1) is 0 Å². The summed E-state index contributed by atoms with van der Waals surface area (Å²) in [5.74, 6) is 0. The molecule has 0 N–H and O–H groups in total. The predicted octanol–water partition coefficient (Wildman–Crippen LogP) is 2.43. The van der Waals surface area contributed by atoms with Crippen LogP contribution in [0.25, 0.3) is 21.6 Å². The molecule has 0 radical (unpaired) electrons. The lowest BCUT2D eigenvalue weighted by Gasteiger charge is -2.30. The summed E-state index contributed by atoms with van der Waals surface area (Å²) in [7, 11) is 0. The van der Waals surface area contributed by atoms with Gasteiger partial charge in [-0.1, -0.05) is 11.3 Å². The highest BCUT2D eigenvalue weighted by Gasteiger charge is 2.30. The molecule has 3 aliphatic heterocycles. The molecule has 0 atom stereocenters. The zero-order chi connectivity index (χ0) is 15.9. The molecule has 7 heteroatoms. The summed E-state index contributed by atoms with van der Waals surface area (Å²) in [4.78, 5) is 13.7. The molecule has 0 amide bonds. The first kappa shape index (κ1) is 14.2. The fraction of sp³-hybridized carbons (Fsp3) is 0.412. The number of fused-ring (bicyclic) bond motifs is 5. The molecule has 24 heavy (non-hydrogen) atoms. The number of piperidine rings is 1. The lowest BCUT2D eigenvalue weighted by atomic mass is 10.1. The Morgan fingerprint density at radius 2 is 1.96 bits per heavy atom. The molecule has 6 rings (SSSR count). The molecule has 0 saturated carbocycles. The highest BCUT2D eigenvalue weighted by molar-refractivity contribution is 7.18. The second kappa shape index (κ2) is 5.75. The van der Waals surface area contributed by atoms with Crippen molar-refractivity contribution in [2.75, 3.05) is 31.1 Å². The molecule has 0 unspecified atom stereocenters. The highest BCUT2D eigenvalue weighted by Crippen LogP contribution is 2.33. The lowest BCUT2D eigenvalue weighted by molar-refractivity contribution is 0.250. The van der Waals surface area contributed by atoms with Crippen molar-refractivity contribution >= 4 is 27.5 Å². The van der Waals surface area contributed by atoms with Gasteiger partial charge in [0.15, 0.2) is 10.7 Å². The van der Waals surface area contributed by atoms with E-state index in [-0.39, 0.29) is 0 Å². The lowest BCUT2D eigenvalue weighted by Crippen LogP contribution is -2.37. The van der Waals surface area contributed by atoms with Crippen molar-refractivity contribution in [2.24, 2.45) is 0 Å². The van der Waals surface area contributed by atoms with Gasteiger partial charge >= 0.3 is 0 Å². The van der Waals surface area contributed by atoms with Gasteiger partial charge in [-0.05, 0) is 31.0 Å². The molecule has 2 bridgehead atoms. The quantitative estimate of drug-likeness (QED) is 0.715. The maximum Gasteiger partial charge on any atom is 0.208 e. The van der Waals surface area contributed by atoms with E-state index in [4.69, 9.17) is 0 Å². The van der Waals surface area contributed by atoms with Crippen molar-refractivity contribution in [3.8, 4) is 10.6 Å².